The summed E-state index contributed by atoms with van der Waals surface area (Å²) < 4.78 is 7.04. The summed E-state index contributed by atoms with van der Waals surface area (Å²) in [6.07, 6.45) is 3.69. The van der Waals surface area contributed by atoms with E-state index in [1.807, 2.05) is 29.2 Å². The maximum atomic E-state index is 13.2. The lowest BCUT2D eigenvalue weighted by molar-refractivity contribution is -0.135. The van der Waals surface area contributed by atoms with Gasteiger partial charge in [-0.05, 0) is 31.4 Å². The molecular weight excluding hydrogens is 344 g/mol. The Labute approximate surface area is 158 Å². The van der Waals surface area contributed by atoms with Gasteiger partial charge in [-0.15, -0.1) is 0 Å². The highest BCUT2D eigenvalue weighted by Gasteiger charge is 2.21. The Morgan fingerprint density at radius 3 is 2.56 bits per heavy atom. The molecule has 0 aliphatic carbocycles. The zero-order valence-corrected chi connectivity index (χ0v) is 15.6. The summed E-state index contributed by atoms with van der Waals surface area (Å²) in [5.74, 6) is 0.595. The lowest BCUT2D eigenvalue weighted by atomic mass is 10.1. The molecule has 2 saturated heterocycles. The molecule has 0 unspecified atom stereocenters. The fourth-order valence-corrected chi connectivity index (χ4v) is 3.89. The number of amides is 1. The minimum atomic E-state index is -0.0922. The van der Waals surface area contributed by atoms with E-state index in [0.717, 1.165) is 37.0 Å². The summed E-state index contributed by atoms with van der Waals surface area (Å²) in [6, 6.07) is 7.68. The number of nitrogens with zero attached hydrogens (tertiary/aromatic N) is 4. The smallest absolute Gasteiger partial charge is 0.294 e. The average Bonchev–Trinajstić information content (AvgIpc) is 2.74. The van der Waals surface area contributed by atoms with E-state index in [1.54, 1.807) is 4.57 Å². The minimum Gasteiger partial charge on any atom is -0.378 e. The van der Waals surface area contributed by atoms with Crippen LogP contribution in [0.3, 0.4) is 0 Å². The van der Waals surface area contributed by atoms with E-state index in [4.69, 9.17) is 4.74 Å². The van der Waals surface area contributed by atoms with E-state index >= 15 is 0 Å². The van der Waals surface area contributed by atoms with Gasteiger partial charge in [0.1, 0.15) is 0 Å². The van der Waals surface area contributed by atoms with Crippen molar-refractivity contribution in [2.24, 2.45) is 0 Å². The number of hydrogen-bond acceptors (Lipinski definition) is 5. The standard InChI is InChI=1S/C20H26N4O3/c25-18(22-12-14-27-15-13-22)8-11-24-17-7-3-2-6-16(17)21-19(20(24)26)23-9-4-1-5-10-23/h2-3,6-7H,1,4-5,8-15H2. The first-order valence-electron chi connectivity index (χ1n) is 9.84. The molecule has 0 saturated carbocycles. The number of carbonyl (C=O) groups is 1. The number of morpholine rings is 1. The Bertz CT molecular complexity index is 867. The predicted octanol–water partition coefficient (Wildman–Crippen LogP) is 1.64. The van der Waals surface area contributed by atoms with Crippen LogP contribution in [0.1, 0.15) is 25.7 Å². The fraction of sp³-hybridized carbons (Fsp3) is 0.550. The van der Waals surface area contributed by atoms with Gasteiger partial charge in [-0.1, -0.05) is 12.1 Å². The van der Waals surface area contributed by atoms with Crippen LogP contribution in [0.15, 0.2) is 29.1 Å². The van der Waals surface area contributed by atoms with E-state index in [9.17, 15) is 9.59 Å². The second kappa shape index (κ2) is 8.08. The Kier molecular flexibility index (Phi) is 5.38. The molecule has 0 atom stereocenters. The molecule has 2 fully saturated rings. The second-order valence-electron chi connectivity index (χ2n) is 7.17. The van der Waals surface area contributed by atoms with Crippen LogP contribution in [-0.4, -0.2) is 59.8 Å². The van der Waals surface area contributed by atoms with Crippen molar-refractivity contribution in [3.05, 3.63) is 34.6 Å². The van der Waals surface area contributed by atoms with Crippen molar-refractivity contribution in [2.75, 3.05) is 44.3 Å². The van der Waals surface area contributed by atoms with Gasteiger partial charge in [-0.3, -0.25) is 9.59 Å². The van der Waals surface area contributed by atoms with Crippen LogP contribution in [0.4, 0.5) is 5.82 Å². The quantitative estimate of drug-likeness (QED) is 0.818. The number of piperidine rings is 1. The third-order valence-electron chi connectivity index (χ3n) is 5.40. The Morgan fingerprint density at radius 2 is 1.78 bits per heavy atom. The highest BCUT2D eigenvalue weighted by molar-refractivity contribution is 5.78. The van der Waals surface area contributed by atoms with Gasteiger partial charge in [0, 0.05) is 39.1 Å². The number of aromatic nitrogens is 2. The van der Waals surface area contributed by atoms with Gasteiger partial charge >= 0.3 is 0 Å². The summed E-state index contributed by atoms with van der Waals surface area (Å²) in [7, 11) is 0. The molecule has 27 heavy (non-hydrogen) atoms. The molecule has 1 aromatic heterocycles. The number of hydrogen-bond donors (Lipinski definition) is 0. The molecule has 0 N–H and O–H groups in total. The molecule has 0 radical (unpaired) electrons. The van der Waals surface area contributed by atoms with Crippen LogP contribution in [0.2, 0.25) is 0 Å². The van der Waals surface area contributed by atoms with Crippen molar-refractivity contribution < 1.29 is 9.53 Å². The van der Waals surface area contributed by atoms with Gasteiger partial charge < -0.3 is 19.1 Å². The highest BCUT2D eigenvalue weighted by atomic mass is 16.5. The Morgan fingerprint density at radius 1 is 1.04 bits per heavy atom. The van der Waals surface area contributed by atoms with Crippen LogP contribution < -0.4 is 10.5 Å². The maximum Gasteiger partial charge on any atom is 0.294 e. The normalized spacial score (nSPS) is 18.1. The van der Waals surface area contributed by atoms with Crippen molar-refractivity contribution in [1.82, 2.24) is 14.5 Å². The number of anilines is 1. The molecule has 7 heteroatoms. The first kappa shape index (κ1) is 18.0. The van der Waals surface area contributed by atoms with Gasteiger partial charge in [-0.2, -0.15) is 0 Å². The third kappa shape index (κ3) is 3.83. The molecule has 2 aliphatic heterocycles. The SMILES string of the molecule is O=C(CCn1c(=O)c(N2CCCCC2)nc2ccccc21)N1CCOCC1. The first-order valence-corrected chi connectivity index (χ1v) is 9.84. The van der Waals surface area contributed by atoms with E-state index in [1.165, 1.54) is 6.42 Å². The number of rotatable bonds is 4. The molecule has 3 heterocycles. The Hall–Kier alpha value is -2.41. The van der Waals surface area contributed by atoms with Crippen LogP contribution in [0.25, 0.3) is 11.0 Å². The summed E-state index contributed by atoms with van der Waals surface area (Å²) in [5.41, 5.74) is 1.50. The number of fused-ring (bicyclic) bond motifs is 1. The topological polar surface area (TPSA) is 67.7 Å². The lowest BCUT2D eigenvalue weighted by Crippen LogP contribution is -2.41. The summed E-state index contributed by atoms with van der Waals surface area (Å²) >= 11 is 0. The summed E-state index contributed by atoms with van der Waals surface area (Å²) in [5, 5.41) is 0. The van der Waals surface area contributed by atoms with Crippen LogP contribution >= 0.6 is 0 Å². The largest absolute Gasteiger partial charge is 0.378 e. The average molecular weight is 370 g/mol. The predicted molar refractivity (Wildman–Crippen MR) is 104 cm³/mol. The van der Waals surface area contributed by atoms with Crippen molar-refractivity contribution in [2.45, 2.75) is 32.2 Å². The maximum absolute atomic E-state index is 13.2. The monoisotopic (exact) mass is 370 g/mol. The minimum absolute atomic E-state index is 0.0746. The van der Waals surface area contributed by atoms with Gasteiger partial charge in [0.15, 0.2) is 5.82 Å². The second-order valence-corrected chi connectivity index (χ2v) is 7.17. The van der Waals surface area contributed by atoms with E-state index < -0.39 is 0 Å². The molecule has 2 aromatic rings. The molecule has 1 aromatic carbocycles. The van der Waals surface area contributed by atoms with Gasteiger partial charge in [0.05, 0.1) is 24.2 Å². The number of carbonyl (C=O) groups excluding carboxylic acids is 1. The third-order valence-corrected chi connectivity index (χ3v) is 5.40. The lowest BCUT2D eigenvalue weighted by Gasteiger charge is -2.28. The van der Waals surface area contributed by atoms with Crippen LogP contribution in [-0.2, 0) is 16.1 Å². The number of aryl methyl sites for hydroxylation is 1. The van der Waals surface area contributed by atoms with E-state index in [2.05, 4.69) is 9.88 Å². The molecule has 7 nitrogen and oxygen atoms in total. The van der Waals surface area contributed by atoms with Crippen molar-refractivity contribution >= 4 is 22.8 Å². The van der Waals surface area contributed by atoms with E-state index in [0.29, 0.717) is 45.1 Å². The molecule has 1 amide bonds. The van der Waals surface area contributed by atoms with E-state index in [-0.39, 0.29) is 11.5 Å². The molecule has 0 bridgehead atoms. The summed E-state index contributed by atoms with van der Waals surface area (Å²) in [4.78, 5) is 34.3. The summed E-state index contributed by atoms with van der Waals surface area (Å²) in [6.45, 7) is 4.54. The number of ether oxygens (including phenoxy) is 1. The molecule has 144 valence electrons. The van der Waals surface area contributed by atoms with Gasteiger partial charge in [-0.25, -0.2) is 4.98 Å². The van der Waals surface area contributed by atoms with Gasteiger partial charge in [0.25, 0.3) is 5.56 Å². The molecule has 2 aliphatic rings. The number of benzene rings is 1. The zero-order valence-electron chi connectivity index (χ0n) is 15.6. The van der Waals surface area contributed by atoms with Crippen LogP contribution in [0, 0.1) is 0 Å². The van der Waals surface area contributed by atoms with Crippen molar-refractivity contribution in [3.8, 4) is 0 Å². The van der Waals surface area contributed by atoms with Gasteiger partial charge in [0.2, 0.25) is 5.91 Å². The molecule has 0 spiro atoms. The highest BCUT2D eigenvalue weighted by Crippen LogP contribution is 2.18. The van der Waals surface area contributed by atoms with Crippen molar-refractivity contribution in [1.29, 1.82) is 0 Å². The Balaban J connectivity index is 1.62. The number of para-hydroxylation sites is 2. The van der Waals surface area contributed by atoms with Crippen molar-refractivity contribution in [3.63, 3.8) is 0 Å². The first-order chi connectivity index (χ1) is 13.2. The zero-order chi connectivity index (χ0) is 18.6. The molecule has 4 rings (SSSR count). The fourth-order valence-electron chi connectivity index (χ4n) is 3.89. The van der Waals surface area contributed by atoms with Crippen LogP contribution in [0.5, 0.6) is 0 Å². The molecular formula is C20H26N4O3.